The summed E-state index contributed by atoms with van der Waals surface area (Å²) in [5, 5.41) is 29.2. The largest absolute Gasteiger partial charge is 0.511 e. The number of carbonyl (C=O) groups is 1. The summed E-state index contributed by atoms with van der Waals surface area (Å²) in [4.78, 5) is 11.5. The van der Waals surface area contributed by atoms with Crippen LogP contribution in [0, 0.1) is 5.92 Å². The van der Waals surface area contributed by atoms with E-state index in [1.807, 2.05) is 6.92 Å². The molecule has 3 N–H and O–H groups in total. The fourth-order valence-corrected chi connectivity index (χ4v) is 1.77. The molecule has 0 radical (unpaired) electrons. The first-order valence-corrected chi connectivity index (χ1v) is 5.90. The topological polar surface area (TPSA) is 87.0 Å². The highest BCUT2D eigenvalue weighted by Crippen LogP contribution is 2.30. The second kappa shape index (κ2) is 6.14. The first-order chi connectivity index (χ1) is 8.51. The van der Waals surface area contributed by atoms with Gasteiger partial charge in [0.05, 0.1) is 18.1 Å². The number of allylic oxidation sites excluding steroid dienone is 2. The number of hydrogen-bond donors (Lipinski definition) is 3. The van der Waals surface area contributed by atoms with E-state index >= 15 is 0 Å². The molecule has 0 fully saturated rings. The summed E-state index contributed by atoms with van der Waals surface area (Å²) in [5.41, 5.74) is -0.0163. The third kappa shape index (κ3) is 3.06. The summed E-state index contributed by atoms with van der Waals surface area (Å²) in [5.74, 6) is -1.93. The van der Waals surface area contributed by atoms with Gasteiger partial charge in [0, 0.05) is 6.42 Å². The van der Waals surface area contributed by atoms with Crippen molar-refractivity contribution in [3.8, 4) is 0 Å². The van der Waals surface area contributed by atoms with Gasteiger partial charge in [-0.15, -0.1) is 0 Å². The summed E-state index contributed by atoms with van der Waals surface area (Å²) in [6.07, 6.45) is 3.34. The molecule has 0 aromatic rings. The van der Waals surface area contributed by atoms with Crippen molar-refractivity contribution in [2.24, 2.45) is 5.92 Å². The number of aliphatic hydroxyl groups excluding tert-OH is 3. The molecule has 1 aliphatic rings. The van der Waals surface area contributed by atoms with Gasteiger partial charge < -0.3 is 20.1 Å². The summed E-state index contributed by atoms with van der Waals surface area (Å²) in [7, 11) is 0. The number of rotatable bonds is 4. The minimum Gasteiger partial charge on any atom is -0.511 e. The van der Waals surface area contributed by atoms with Crippen LogP contribution in [0.3, 0.4) is 0 Å². The second-order valence-electron chi connectivity index (χ2n) is 3.93. The third-order valence-corrected chi connectivity index (χ3v) is 2.56. The highest BCUT2D eigenvalue weighted by atomic mass is 16.5. The van der Waals surface area contributed by atoms with Crippen LogP contribution in [-0.4, -0.2) is 27.9 Å². The van der Waals surface area contributed by atoms with E-state index in [4.69, 9.17) is 4.74 Å². The lowest BCUT2D eigenvalue weighted by Crippen LogP contribution is -2.21. The lowest BCUT2D eigenvalue weighted by atomic mass is 9.92. The van der Waals surface area contributed by atoms with Crippen LogP contribution in [0.15, 0.2) is 35.0 Å². The third-order valence-electron chi connectivity index (χ3n) is 2.56. The van der Waals surface area contributed by atoms with Crippen molar-refractivity contribution in [1.82, 2.24) is 0 Å². The summed E-state index contributed by atoms with van der Waals surface area (Å²) < 4.78 is 4.82. The Morgan fingerprint density at radius 1 is 1.50 bits per heavy atom. The van der Waals surface area contributed by atoms with Crippen molar-refractivity contribution >= 4 is 5.97 Å². The van der Waals surface area contributed by atoms with Crippen LogP contribution < -0.4 is 0 Å². The Hall–Kier alpha value is -1.91. The van der Waals surface area contributed by atoms with Gasteiger partial charge in [0.1, 0.15) is 17.3 Å². The Bertz CT molecular complexity index is 417. The highest BCUT2D eigenvalue weighted by molar-refractivity contribution is 5.76. The van der Waals surface area contributed by atoms with Crippen molar-refractivity contribution in [2.45, 2.75) is 26.7 Å². The molecule has 0 heterocycles. The van der Waals surface area contributed by atoms with E-state index in [1.54, 1.807) is 6.92 Å². The Morgan fingerprint density at radius 3 is 2.67 bits per heavy atom. The van der Waals surface area contributed by atoms with E-state index in [2.05, 4.69) is 0 Å². The van der Waals surface area contributed by atoms with Crippen LogP contribution in [0.4, 0.5) is 0 Å². The van der Waals surface area contributed by atoms with Gasteiger partial charge in [0.25, 0.3) is 0 Å². The number of aliphatic hydroxyl groups is 3. The molecule has 1 unspecified atom stereocenters. The minimum absolute atomic E-state index is 0.0137. The Kier molecular flexibility index (Phi) is 4.83. The molecule has 18 heavy (non-hydrogen) atoms. The van der Waals surface area contributed by atoms with Crippen LogP contribution in [0.25, 0.3) is 0 Å². The molecule has 5 nitrogen and oxygen atoms in total. The van der Waals surface area contributed by atoms with E-state index in [9.17, 15) is 20.1 Å². The molecule has 0 aromatic carbocycles. The normalized spacial score (nSPS) is 20.7. The zero-order valence-electron chi connectivity index (χ0n) is 10.5. The molecule has 0 saturated carbocycles. The van der Waals surface area contributed by atoms with Crippen LogP contribution in [0.2, 0.25) is 0 Å². The minimum atomic E-state index is -0.719. The van der Waals surface area contributed by atoms with E-state index in [1.165, 1.54) is 12.2 Å². The molecule has 100 valence electrons. The van der Waals surface area contributed by atoms with Crippen molar-refractivity contribution < 1.29 is 24.9 Å². The average Bonchev–Trinajstić information content (AvgIpc) is 2.28. The molecule has 0 bridgehead atoms. The molecule has 0 aromatic heterocycles. The molecular formula is C13H18O5. The molecule has 5 heteroatoms. The zero-order chi connectivity index (χ0) is 13.7. The van der Waals surface area contributed by atoms with Gasteiger partial charge in [-0.05, 0) is 25.5 Å². The number of ether oxygens (including phenoxy) is 1. The molecule has 1 atom stereocenters. The lowest BCUT2D eigenvalue weighted by Gasteiger charge is -2.19. The Balaban J connectivity index is 2.95. The smallest absolute Gasteiger partial charge is 0.313 e. The maximum Gasteiger partial charge on any atom is 0.313 e. The molecule has 1 aliphatic carbocycles. The fourth-order valence-electron chi connectivity index (χ4n) is 1.77. The van der Waals surface area contributed by atoms with Gasteiger partial charge in [-0.2, -0.15) is 0 Å². The van der Waals surface area contributed by atoms with Gasteiger partial charge in [-0.25, -0.2) is 0 Å². The van der Waals surface area contributed by atoms with E-state index in [0.29, 0.717) is 6.42 Å². The standard InChI is InChI=1S/C13H18O5/c1-3-5-9(14)12-10(15)6-8(7-11(12)16)13(17)18-4-2/h5-6,8,14-16H,3-4,7H2,1-2H3/b9-5-. The highest BCUT2D eigenvalue weighted by Gasteiger charge is 2.29. The molecule has 0 aliphatic heterocycles. The predicted molar refractivity (Wildman–Crippen MR) is 66.1 cm³/mol. The Labute approximate surface area is 106 Å². The molecule has 0 spiro atoms. The van der Waals surface area contributed by atoms with Crippen molar-refractivity contribution in [3.05, 3.63) is 35.0 Å². The quantitative estimate of drug-likeness (QED) is 0.530. The Morgan fingerprint density at radius 2 is 2.17 bits per heavy atom. The van der Waals surface area contributed by atoms with Crippen molar-refractivity contribution in [1.29, 1.82) is 0 Å². The van der Waals surface area contributed by atoms with Gasteiger partial charge in [-0.3, -0.25) is 4.79 Å². The van der Waals surface area contributed by atoms with Gasteiger partial charge in [0.2, 0.25) is 0 Å². The lowest BCUT2D eigenvalue weighted by molar-refractivity contribution is -0.146. The fraction of sp³-hybridized carbons (Fsp3) is 0.462. The first kappa shape index (κ1) is 14.2. The predicted octanol–water partition coefficient (Wildman–Crippen LogP) is 2.68. The van der Waals surface area contributed by atoms with Crippen molar-refractivity contribution in [3.63, 3.8) is 0 Å². The second-order valence-corrected chi connectivity index (χ2v) is 3.93. The van der Waals surface area contributed by atoms with Gasteiger partial charge in [-0.1, -0.05) is 6.92 Å². The van der Waals surface area contributed by atoms with Gasteiger partial charge in [0.15, 0.2) is 0 Å². The van der Waals surface area contributed by atoms with Crippen LogP contribution in [-0.2, 0) is 9.53 Å². The summed E-state index contributed by atoms with van der Waals surface area (Å²) in [6, 6.07) is 0. The molecular weight excluding hydrogens is 236 g/mol. The van der Waals surface area contributed by atoms with Crippen LogP contribution in [0.1, 0.15) is 26.7 Å². The SMILES string of the molecule is CC/C=C(\O)C1=C(O)CC(C(=O)OCC)C=C1O. The maximum atomic E-state index is 11.5. The van der Waals surface area contributed by atoms with E-state index in [0.717, 1.165) is 0 Å². The van der Waals surface area contributed by atoms with E-state index in [-0.39, 0.29) is 35.9 Å². The van der Waals surface area contributed by atoms with E-state index < -0.39 is 11.9 Å². The number of hydrogen-bond acceptors (Lipinski definition) is 5. The van der Waals surface area contributed by atoms with Gasteiger partial charge >= 0.3 is 5.97 Å². The van der Waals surface area contributed by atoms with Crippen molar-refractivity contribution in [2.75, 3.05) is 6.61 Å². The maximum absolute atomic E-state index is 11.5. The number of carbonyl (C=O) groups excluding carboxylic acids is 1. The molecule has 0 saturated heterocycles. The molecule has 0 amide bonds. The average molecular weight is 254 g/mol. The first-order valence-electron chi connectivity index (χ1n) is 5.90. The number of esters is 1. The van der Waals surface area contributed by atoms with Crippen LogP contribution >= 0.6 is 0 Å². The summed E-state index contributed by atoms with van der Waals surface area (Å²) in [6.45, 7) is 3.74. The zero-order valence-corrected chi connectivity index (χ0v) is 10.5. The molecule has 1 rings (SSSR count). The summed E-state index contributed by atoms with van der Waals surface area (Å²) >= 11 is 0. The monoisotopic (exact) mass is 254 g/mol. The van der Waals surface area contributed by atoms with Crippen LogP contribution in [0.5, 0.6) is 0 Å².